The lowest BCUT2D eigenvalue weighted by atomic mass is 10.1. The van der Waals surface area contributed by atoms with Gasteiger partial charge < -0.3 is 5.32 Å². The Labute approximate surface area is 118 Å². The molecule has 0 aliphatic heterocycles. The summed E-state index contributed by atoms with van der Waals surface area (Å²) in [5.41, 5.74) is 3.03. The first-order chi connectivity index (χ1) is 9.26. The fourth-order valence-electron chi connectivity index (χ4n) is 1.81. The number of aromatic nitrogens is 1. The molecule has 0 bridgehead atoms. The van der Waals surface area contributed by atoms with Crippen LogP contribution in [0.3, 0.4) is 0 Å². The Bertz CT molecular complexity index is 533. The summed E-state index contributed by atoms with van der Waals surface area (Å²) < 4.78 is 6.98. The molecule has 0 saturated heterocycles. The van der Waals surface area contributed by atoms with Crippen molar-refractivity contribution in [2.45, 2.75) is 0 Å². The van der Waals surface area contributed by atoms with Crippen molar-refractivity contribution in [3.8, 4) is 11.3 Å². The molecule has 100 valence electrons. The number of hydrogen-bond acceptors (Lipinski definition) is 5. The molecule has 0 aliphatic carbocycles. The second-order valence-corrected chi connectivity index (χ2v) is 4.95. The number of anilines is 2. The summed E-state index contributed by atoms with van der Waals surface area (Å²) in [5.74, 6) is 0.827. The van der Waals surface area contributed by atoms with Crippen molar-refractivity contribution >= 4 is 23.7 Å². The second kappa shape index (κ2) is 6.45. The van der Waals surface area contributed by atoms with Crippen LogP contribution in [-0.2, 0) is 4.18 Å². The van der Waals surface area contributed by atoms with E-state index in [1.165, 1.54) is 12.2 Å². The lowest BCUT2D eigenvalue weighted by Gasteiger charge is -2.19. The van der Waals surface area contributed by atoms with Crippen LogP contribution in [0.4, 0.5) is 11.5 Å². The van der Waals surface area contributed by atoms with E-state index in [0.29, 0.717) is 0 Å². The van der Waals surface area contributed by atoms with Crippen molar-refractivity contribution in [2.24, 2.45) is 0 Å². The molecular formula is C14H17N3OS. The van der Waals surface area contributed by atoms with Gasteiger partial charge in [0.2, 0.25) is 0 Å². The SMILES string of the molecule is CNc1nc(-c2ccccc2)ccc1N(C)SOC. The minimum atomic E-state index is 0.827. The molecule has 0 unspecified atom stereocenters. The predicted octanol–water partition coefficient (Wildman–Crippen LogP) is 3.44. The third-order valence-corrected chi connectivity index (χ3v) is 3.28. The molecule has 1 aromatic carbocycles. The fraction of sp³-hybridized carbons (Fsp3) is 0.214. The van der Waals surface area contributed by atoms with Crippen LogP contribution in [0.2, 0.25) is 0 Å². The molecule has 1 aromatic heterocycles. The molecule has 2 aromatic rings. The lowest BCUT2D eigenvalue weighted by molar-refractivity contribution is 0.489. The van der Waals surface area contributed by atoms with Crippen LogP contribution in [0.25, 0.3) is 11.3 Å². The van der Waals surface area contributed by atoms with Gasteiger partial charge in [-0.2, -0.15) is 0 Å². The Hall–Kier alpha value is -1.72. The van der Waals surface area contributed by atoms with Gasteiger partial charge in [-0.15, -0.1) is 0 Å². The van der Waals surface area contributed by atoms with Crippen LogP contribution in [0.5, 0.6) is 0 Å². The summed E-state index contributed by atoms with van der Waals surface area (Å²) in [5, 5.41) is 3.12. The highest BCUT2D eigenvalue weighted by Crippen LogP contribution is 2.30. The van der Waals surface area contributed by atoms with Crippen molar-refractivity contribution < 1.29 is 4.18 Å². The molecule has 5 heteroatoms. The van der Waals surface area contributed by atoms with E-state index in [-0.39, 0.29) is 0 Å². The van der Waals surface area contributed by atoms with Crippen LogP contribution in [0.1, 0.15) is 0 Å². The van der Waals surface area contributed by atoms with Gasteiger partial charge in [0.25, 0.3) is 0 Å². The first-order valence-corrected chi connectivity index (χ1v) is 6.65. The quantitative estimate of drug-likeness (QED) is 0.668. The average molecular weight is 275 g/mol. The van der Waals surface area contributed by atoms with E-state index < -0.39 is 0 Å². The van der Waals surface area contributed by atoms with Gasteiger partial charge in [0.15, 0.2) is 5.82 Å². The van der Waals surface area contributed by atoms with Gasteiger partial charge >= 0.3 is 0 Å². The van der Waals surface area contributed by atoms with Gasteiger partial charge in [-0.05, 0) is 12.1 Å². The standard InChI is InChI=1S/C14H17N3OS/c1-15-14-13(17(2)19-18-3)10-9-12(16-14)11-7-5-4-6-8-11/h4-10H,1-3H3,(H,15,16). The van der Waals surface area contributed by atoms with Gasteiger partial charge in [0, 0.05) is 19.7 Å². The van der Waals surface area contributed by atoms with Gasteiger partial charge in [-0.25, -0.2) is 4.98 Å². The van der Waals surface area contributed by atoms with E-state index in [0.717, 1.165) is 22.8 Å². The first kappa shape index (κ1) is 13.7. The monoisotopic (exact) mass is 275 g/mol. The van der Waals surface area contributed by atoms with E-state index in [4.69, 9.17) is 4.18 Å². The Morgan fingerprint density at radius 1 is 1.16 bits per heavy atom. The molecule has 0 atom stereocenters. The summed E-state index contributed by atoms with van der Waals surface area (Å²) in [7, 11) is 5.45. The summed E-state index contributed by atoms with van der Waals surface area (Å²) in [6, 6.07) is 14.2. The van der Waals surface area contributed by atoms with Crippen molar-refractivity contribution in [3.05, 3.63) is 42.5 Å². The minimum absolute atomic E-state index is 0.827. The van der Waals surface area contributed by atoms with Gasteiger partial charge in [0.05, 0.1) is 18.5 Å². The molecule has 0 fully saturated rings. The third kappa shape index (κ3) is 3.19. The zero-order valence-corrected chi connectivity index (χ0v) is 12.1. The molecule has 0 amide bonds. The Balaban J connectivity index is 2.36. The number of pyridine rings is 1. The molecule has 19 heavy (non-hydrogen) atoms. The van der Waals surface area contributed by atoms with Crippen LogP contribution in [0, 0.1) is 0 Å². The van der Waals surface area contributed by atoms with E-state index in [1.54, 1.807) is 7.11 Å². The van der Waals surface area contributed by atoms with Crippen LogP contribution in [0.15, 0.2) is 42.5 Å². The number of rotatable bonds is 5. The lowest BCUT2D eigenvalue weighted by Crippen LogP contribution is -2.10. The molecule has 2 rings (SSSR count). The Morgan fingerprint density at radius 3 is 2.53 bits per heavy atom. The predicted molar refractivity (Wildman–Crippen MR) is 82.2 cm³/mol. The Kier molecular flexibility index (Phi) is 4.65. The molecule has 0 aliphatic rings. The highest BCUT2D eigenvalue weighted by molar-refractivity contribution is 7.96. The summed E-state index contributed by atoms with van der Waals surface area (Å²) >= 11 is 1.27. The molecule has 0 saturated carbocycles. The average Bonchev–Trinajstić information content (AvgIpc) is 2.47. The van der Waals surface area contributed by atoms with Gasteiger partial charge in [-0.3, -0.25) is 8.49 Å². The zero-order chi connectivity index (χ0) is 13.7. The van der Waals surface area contributed by atoms with E-state index in [1.807, 2.05) is 48.7 Å². The van der Waals surface area contributed by atoms with Crippen LogP contribution >= 0.6 is 12.2 Å². The highest BCUT2D eigenvalue weighted by atomic mass is 32.2. The maximum atomic E-state index is 5.06. The second-order valence-electron chi connectivity index (χ2n) is 3.92. The fourth-order valence-corrected chi connectivity index (χ4v) is 2.26. The topological polar surface area (TPSA) is 37.4 Å². The van der Waals surface area contributed by atoms with Crippen molar-refractivity contribution in [1.29, 1.82) is 0 Å². The van der Waals surface area contributed by atoms with Crippen LogP contribution in [-0.4, -0.2) is 26.2 Å². The van der Waals surface area contributed by atoms with E-state index in [2.05, 4.69) is 22.4 Å². The first-order valence-electron chi connectivity index (χ1n) is 5.95. The largest absolute Gasteiger partial charge is 0.371 e. The maximum Gasteiger partial charge on any atom is 0.150 e. The zero-order valence-electron chi connectivity index (χ0n) is 11.3. The normalized spacial score (nSPS) is 10.3. The number of hydrogen-bond donors (Lipinski definition) is 1. The van der Waals surface area contributed by atoms with Gasteiger partial charge in [-0.1, -0.05) is 30.3 Å². The van der Waals surface area contributed by atoms with Crippen molar-refractivity contribution in [2.75, 3.05) is 30.8 Å². The van der Waals surface area contributed by atoms with Gasteiger partial charge in [0.1, 0.15) is 12.2 Å². The molecule has 0 radical (unpaired) electrons. The minimum Gasteiger partial charge on any atom is -0.371 e. The summed E-state index contributed by atoms with van der Waals surface area (Å²) in [6.45, 7) is 0. The van der Waals surface area contributed by atoms with Crippen LogP contribution < -0.4 is 9.62 Å². The maximum absolute atomic E-state index is 5.06. The molecule has 1 heterocycles. The van der Waals surface area contributed by atoms with Crippen molar-refractivity contribution in [1.82, 2.24) is 4.98 Å². The van der Waals surface area contributed by atoms with E-state index in [9.17, 15) is 0 Å². The molecule has 0 spiro atoms. The smallest absolute Gasteiger partial charge is 0.150 e. The summed E-state index contributed by atoms with van der Waals surface area (Å²) in [4.78, 5) is 4.64. The molecule has 1 N–H and O–H groups in total. The highest BCUT2D eigenvalue weighted by Gasteiger charge is 2.10. The Morgan fingerprint density at radius 2 is 1.89 bits per heavy atom. The van der Waals surface area contributed by atoms with E-state index >= 15 is 0 Å². The summed E-state index contributed by atoms with van der Waals surface area (Å²) in [6.07, 6.45) is 0. The third-order valence-electron chi connectivity index (χ3n) is 2.71. The number of benzene rings is 1. The molecule has 4 nitrogen and oxygen atoms in total. The van der Waals surface area contributed by atoms with Crippen molar-refractivity contribution in [3.63, 3.8) is 0 Å². The number of nitrogens with zero attached hydrogens (tertiary/aromatic N) is 2. The number of nitrogens with one attached hydrogen (secondary N) is 1. The molecular weight excluding hydrogens is 258 g/mol.